The third-order valence-electron chi connectivity index (χ3n) is 3.48. The van der Waals surface area contributed by atoms with Gasteiger partial charge in [-0.05, 0) is 25.2 Å². The van der Waals surface area contributed by atoms with Gasteiger partial charge in [0.15, 0.2) is 10.8 Å². The van der Waals surface area contributed by atoms with Gasteiger partial charge in [-0.2, -0.15) is 0 Å². The van der Waals surface area contributed by atoms with Crippen molar-refractivity contribution in [2.45, 2.75) is 25.3 Å². The number of rotatable bonds is 2. The second-order valence-corrected chi connectivity index (χ2v) is 4.86. The second-order valence-electron chi connectivity index (χ2n) is 4.50. The van der Waals surface area contributed by atoms with Crippen LogP contribution in [0.1, 0.15) is 25.3 Å². The third kappa shape index (κ3) is 1.79. The molecule has 2 unspecified atom stereocenters. The number of hydrogen-bond donors (Lipinski definition) is 1. The zero-order chi connectivity index (χ0) is 11.8. The Kier molecular flexibility index (Phi) is 2.72. The Morgan fingerprint density at radius 1 is 1.35 bits per heavy atom. The lowest BCUT2D eigenvalue weighted by Crippen LogP contribution is -2.06. The molecular formula is C11H13ClN4O. The molecule has 0 radical (unpaired) electrons. The van der Waals surface area contributed by atoms with Crippen LogP contribution in [0.4, 0.5) is 0 Å². The van der Waals surface area contributed by atoms with E-state index in [9.17, 15) is 0 Å². The largest absolute Gasteiger partial charge is 0.396 e. The van der Waals surface area contributed by atoms with Crippen molar-refractivity contribution < 1.29 is 5.11 Å². The molecule has 0 amide bonds. The van der Waals surface area contributed by atoms with E-state index in [0.29, 0.717) is 22.6 Å². The van der Waals surface area contributed by atoms with E-state index in [0.717, 1.165) is 24.9 Å². The Labute approximate surface area is 103 Å². The Balaban J connectivity index is 1.99. The van der Waals surface area contributed by atoms with Gasteiger partial charge in [0.1, 0.15) is 11.8 Å². The van der Waals surface area contributed by atoms with Crippen LogP contribution in [-0.4, -0.2) is 31.2 Å². The highest BCUT2D eigenvalue weighted by Crippen LogP contribution is 2.35. The van der Waals surface area contributed by atoms with Crippen LogP contribution in [0.15, 0.2) is 12.7 Å². The Morgan fingerprint density at radius 3 is 3.00 bits per heavy atom. The van der Waals surface area contributed by atoms with Crippen molar-refractivity contribution in [3.63, 3.8) is 0 Å². The molecule has 1 N–H and O–H groups in total. The first-order valence-corrected chi connectivity index (χ1v) is 6.11. The molecule has 0 aliphatic heterocycles. The number of fused-ring (bicyclic) bond motifs is 1. The van der Waals surface area contributed by atoms with Crippen LogP contribution in [0.2, 0.25) is 5.15 Å². The minimum atomic E-state index is 0.263. The smallest absolute Gasteiger partial charge is 0.165 e. The van der Waals surface area contributed by atoms with Crippen molar-refractivity contribution in [3.05, 3.63) is 17.8 Å². The molecule has 2 atom stereocenters. The Morgan fingerprint density at radius 2 is 2.24 bits per heavy atom. The fourth-order valence-electron chi connectivity index (χ4n) is 2.56. The number of nitrogens with zero attached hydrogens (tertiary/aromatic N) is 4. The molecule has 2 aromatic heterocycles. The van der Waals surface area contributed by atoms with E-state index in [1.54, 1.807) is 6.33 Å². The SMILES string of the molecule is OCC1CCC(n2cnc3c(Cl)ncnc32)C1. The highest BCUT2D eigenvalue weighted by atomic mass is 35.5. The lowest BCUT2D eigenvalue weighted by molar-refractivity contribution is 0.226. The monoisotopic (exact) mass is 252 g/mol. The van der Waals surface area contributed by atoms with Gasteiger partial charge in [-0.25, -0.2) is 15.0 Å². The van der Waals surface area contributed by atoms with E-state index in [4.69, 9.17) is 16.7 Å². The van der Waals surface area contributed by atoms with Gasteiger partial charge in [0.2, 0.25) is 0 Å². The summed E-state index contributed by atoms with van der Waals surface area (Å²) in [5.74, 6) is 0.398. The summed E-state index contributed by atoms with van der Waals surface area (Å²) in [5, 5.41) is 9.56. The number of hydrogen-bond acceptors (Lipinski definition) is 4. The quantitative estimate of drug-likeness (QED) is 0.828. The van der Waals surface area contributed by atoms with E-state index < -0.39 is 0 Å². The van der Waals surface area contributed by atoms with E-state index in [2.05, 4.69) is 19.5 Å². The molecule has 0 aromatic carbocycles. The molecule has 90 valence electrons. The van der Waals surface area contributed by atoms with E-state index in [1.807, 2.05) is 0 Å². The van der Waals surface area contributed by atoms with Crippen molar-refractivity contribution in [3.8, 4) is 0 Å². The van der Waals surface area contributed by atoms with E-state index >= 15 is 0 Å². The van der Waals surface area contributed by atoms with Crippen molar-refractivity contribution in [1.29, 1.82) is 0 Å². The van der Waals surface area contributed by atoms with Crippen molar-refractivity contribution in [1.82, 2.24) is 19.5 Å². The maximum Gasteiger partial charge on any atom is 0.165 e. The van der Waals surface area contributed by atoms with Crippen LogP contribution < -0.4 is 0 Å². The predicted molar refractivity (Wildman–Crippen MR) is 63.8 cm³/mol. The van der Waals surface area contributed by atoms with Gasteiger partial charge in [0.25, 0.3) is 0 Å². The summed E-state index contributed by atoms with van der Waals surface area (Å²) in [6.45, 7) is 0.263. The molecule has 0 saturated heterocycles. The molecule has 5 nitrogen and oxygen atoms in total. The van der Waals surface area contributed by atoms with Gasteiger partial charge >= 0.3 is 0 Å². The molecule has 2 aromatic rings. The molecule has 1 fully saturated rings. The van der Waals surface area contributed by atoms with Crippen molar-refractivity contribution in [2.75, 3.05) is 6.61 Å². The first-order valence-electron chi connectivity index (χ1n) is 5.73. The van der Waals surface area contributed by atoms with Crippen LogP contribution in [0, 0.1) is 5.92 Å². The number of aromatic nitrogens is 4. The highest BCUT2D eigenvalue weighted by molar-refractivity contribution is 6.33. The summed E-state index contributed by atoms with van der Waals surface area (Å²) in [6, 6.07) is 0.364. The van der Waals surface area contributed by atoms with Crippen molar-refractivity contribution >= 4 is 22.8 Å². The number of aliphatic hydroxyl groups excluding tert-OH is 1. The van der Waals surface area contributed by atoms with Crippen LogP contribution in [0.5, 0.6) is 0 Å². The van der Waals surface area contributed by atoms with Crippen LogP contribution in [0.25, 0.3) is 11.2 Å². The molecule has 1 aliphatic carbocycles. The molecule has 3 rings (SSSR count). The topological polar surface area (TPSA) is 63.8 Å². The first-order chi connectivity index (χ1) is 8.29. The maximum absolute atomic E-state index is 9.17. The van der Waals surface area contributed by atoms with Gasteiger partial charge in [0, 0.05) is 12.6 Å². The van der Waals surface area contributed by atoms with Gasteiger partial charge < -0.3 is 9.67 Å². The van der Waals surface area contributed by atoms with Gasteiger partial charge in [-0.15, -0.1) is 0 Å². The maximum atomic E-state index is 9.17. The average molecular weight is 253 g/mol. The fraction of sp³-hybridized carbons (Fsp3) is 0.545. The summed E-state index contributed by atoms with van der Waals surface area (Å²) in [5.41, 5.74) is 1.44. The average Bonchev–Trinajstić information content (AvgIpc) is 2.94. The summed E-state index contributed by atoms with van der Waals surface area (Å²) in [4.78, 5) is 12.4. The standard InChI is InChI=1S/C11H13ClN4O/c12-10-9-11(14-5-13-10)16(6-15-9)8-2-1-7(3-8)4-17/h5-8,17H,1-4H2. The molecular weight excluding hydrogens is 240 g/mol. The molecule has 0 bridgehead atoms. The van der Waals surface area contributed by atoms with Crippen LogP contribution in [0.3, 0.4) is 0 Å². The van der Waals surface area contributed by atoms with Gasteiger partial charge in [-0.3, -0.25) is 0 Å². The van der Waals surface area contributed by atoms with Crippen molar-refractivity contribution in [2.24, 2.45) is 5.92 Å². The molecule has 0 spiro atoms. The number of halogens is 1. The minimum absolute atomic E-state index is 0.263. The van der Waals surface area contributed by atoms with Gasteiger partial charge in [0.05, 0.1) is 6.33 Å². The van der Waals surface area contributed by atoms with E-state index in [-0.39, 0.29) is 6.61 Å². The normalized spacial score (nSPS) is 24.6. The Hall–Kier alpha value is -1.20. The number of imidazole rings is 1. The van der Waals surface area contributed by atoms with Crippen LogP contribution >= 0.6 is 11.6 Å². The Bertz CT molecular complexity index is 541. The fourth-order valence-corrected chi connectivity index (χ4v) is 2.73. The zero-order valence-corrected chi connectivity index (χ0v) is 10.0. The summed E-state index contributed by atoms with van der Waals surface area (Å²) in [7, 11) is 0. The number of aliphatic hydroxyl groups is 1. The minimum Gasteiger partial charge on any atom is -0.396 e. The molecule has 1 saturated carbocycles. The summed E-state index contributed by atoms with van der Waals surface area (Å²) < 4.78 is 2.05. The summed E-state index contributed by atoms with van der Waals surface area (Å²) in [6.07, 6.45) is 6.32. The third-order valence-corrected chi connectivity index (χ3v) is 3.76. The predicted octanol–water partition coefficient (Wildman–Crippen LogP) is 1.81. The lowest BCUT2D eigenvalue weighted by atomic mass is 10.1. The molecule has 6 heteroatoms. The first kappa shape index (κ1) is 10.9. The summed E-state index contributed by atoms with van der Waals surface area (Å²) >= 11 is 5.97. The lowest BCUT2D eigenvalue weighted by Gasteiger charge is -2.12. The van der Waals surface area contributed by atoms with E-state index in [1.165, 1.54) is 6.33 Å². The molecule has 1 aliphatic rings. The second kappa shape index (κ2) is 4.23. The molecule has 17 heavy (non-hydrogen) atoms. The molecule has 2 heterocycles. The van der Waals surface area contributed by atoms with Gasteiger partial charge in [-0.1, -0.05) is 11.6 Å². The highest BCUT2D eigenvalue weighted by Gasteiger charge is 2.26. The van der Waals surface area contributed by atoms with Crippen LogP contribution in [-0.2, 0) is 0 Å². The zero-order valence-electron chi connectivity index (χ0n) is 9.25.